The maximum atomic E-state index is 5.76. The van der Waals surface area contributed by atoms with Gasteiger partial charge in [-0.25, -0.2) is 0 Å². The predicted molar refractivity (Wildman–Crippen MR) is 71.8 cm³/mol. The summed E-state index contributed by atoms with van der Waals surface area (Å²) in [6.07, 6.45) is 3.99. The van der Waals surface area contributed by atoms with Crippen LogP contribution in [0.15, 0.2) is 0 Å². The highest BCUT2D eigenvalue weighted by Crippen LogP contribution is 2.05. The molecule has 0 aromatic carbocycles. The van der Waals surface area contributed by atoms with E-state index in [1.54, 1.807) is 0 Å². The Kier molecular flexibility index (Phi) is 10.0. The molecule has 0 bridgehead atoms. The van der Waals surface area contributed by atoms with Gasteiger partial charge in [-0.05, 0) is 51.1 Å². The van der Waals surface area contributed by atoms with E-state index in [0.29, 0.717) is 6.10 Å². The van der Waals surface area contributed by atoms with Gasteiger partial charge in [0.15, 0.2) is 0 Å². The molecule has 0 aliphatic carbocycles. The summed E-state index contributed by atoms with van der Waals surface area (Å²) in [5, 5.41) is 3.44. The van der Waals surface area contributed by atoms with Gasteiger partial charge in [-0.1, -0.05) is 27.7 Å². The van der Waals surface area contributed by atoms with Gasteiger partial charge in [-0.3, -0.25) is 0 Å². The van der Waals surface area contributed by atoms with Crippen LogP contribution in [0.4, 0.5) is 0 Å². The van der Waals surface area contributed by atoms with Gasteiger partial charge in [0.1, 0.15) is 0 Å². The van der Waals surface area contributed by atoms with Crippen LogP contribution < -0.4 is 5.32 Å². The highest BCUT2D eigenvalue weighted by Gasteiger charge is 2.02. The van der Waals surface area contributed by atoms with Crippen molar-refractivity contribution in [1.29, 1.82) is 0 Å². The van der Waals surface area contributed by atoms with Crippen LogP contribution in [-0.2, 0) is 4.74 Å². The number of hydrogen-bond acceptors (Lipinski definition) is 2. The molecule has 0 fully saturated rings. The predicted octanol–water partition coefficient (Wildman–Crippen LogP) is 3.46. The van der Waals surface area contributed by atoms with Crippen LogP contribution in [0.5, 0.6) is 0 Å². The van der Waals surface area contributed by atoms with Crippen molar-refractivity contribution in [2.75, 3.05) is 19.7 Å². The minimum atomic E-state index is 0.395. The Hall–Kier alpha value is -0.0800. The van der Waals surface area contributed by atoms with Crippen molar-refractivity contribution in [3.8, 4) is 0 Å². The van der Waals surface area contributed by atoms with E-state index in [9.17, 15) is 0 Å². The summed E-state index contributed by atoms with van der Waals surface area (Å²) in [5.74, 6) is 1.54. The van der Waals surface area contributed by atoms with Crippen LogP contribution in [0.25, 0.3) is 0 Å². The molecule has 0 spiro atoms. The third-order valence-corrected chi connectivity index (χ3v) is 2.61. The fraction of sp³-hybridized carbons (Fsp3) is 1.00. The molecule has 2 heteroatoms. The lowest BCUT2D eigenvalue weighted by atomic mass is 10.1. The number of ether oxygens (including phenoxy) is 1. The molecule has 1 unspecified atom stereocenters. The average molecular weight is 229 g/mol. The summed E-state index contributed by atoms with van der Waals surface area (Å²) in [7, 11) is 0. The molecule has 0 saturated heterocycles. The molecule has 0 heterocycles. The summed E-state index contributed by atoms with van der Waals surface area (Å²) in [4.78, 5) is 0. The first-order chi connectivity index (χ1) is 7.52. The van der Waals surface area contributed by atoms with Crippen molar-refractivity contribution in [3.05, 3.63) is 0 Å². The molecule has 0 aliphatic heterocycles. The Labute approximate surface area is 102 Å². The second-order valence-electron chi connectivity index (χ2n) is 5.60. The van der Waals surface area contributed by atoms with E-state index in [-0.39, 0.29) is 0 Å². The molecule has 0 radical (unpaired) electrons. The molecular formula is C14H31NO. The monoisotopic (exact) mass is 229 g/mol. The van der Waals surface area contributed by atoms with Crippen LogP contribution in [0.2, 0.25) is 0 Å². The van der Waals surface area contributed by atoms with Gasteiger partial charge < -0.3 is 10.1 Å². The van der Waals surface area contributed by atoms with E-state index < -0.39 is 0 Å². The largest absolute Gasteiger partial charge is 0.378 e. The van der Waals surface area contributed by atoms with Crippen molar-refractivity contribution in [1.82, 2.24) is 5.32 Å². The van der Waals surface area contributed by atoms with Gasteiger partial charge in [-0.2, -0.15) is 0 Å². The van der Waals surface area contributed by atoms with E-state index in [0.717, 1.165) is 38.0 Å². The maximum absolute atomic E-state index is 5.76. The normalized spacial score (nSPS) is 13.7. The highest BCUT2D eigenvalue weighted by molar-refractivity contribution is 4.56. The van der Waals surface area contributed by atoms with Gasteiger partial charge in [0, 0.05) is 6.61 Å². The molecule has 1 N–H and O–H groups in total. The smallest absolute Gasteiger partial charge is 0.0559 e. The van der Waals surface area contributed by atoms with Gasteiger partial charge >= 0.3 is 0 Å². The zero-order chi connectivity index (χ0) is 12.4. The summed E-state index contributed by atoms with van der Waals surface area (Å²) in [6.45, 7) is 14.3. The van der Waals surface area contributed by atoms with Gasteiger partial charge in [0.2, 0.25) is 0 Å². The molecule has 1 atom stereocenters. The molecule has 0 aromatic rings. The Bertz CT molecular complexity index is 130. The Balaban J connectivity index is 3.21. The lowest BCUT2D eigenvalue weighted by molar-refractivity contribution is 0.0564. The molecule has 0 aromatic heterocycles. The van der Waals surface area contributed by atoms with Crippen LogP contribution in [-0.4, -0.2) is 25.8 Å². The van der Waals surface area contributed by atoms with Crippen LogP contribution in [0.3, 0.4) is 0 Å². The van der Waals surface area contributed by atoms with E-state index in [2.05, 4.69) is 39.9 Å². The number of nitrogens with one attached hydrogen (secondary N) is 1. The summed E-state index contributed by atoms with van der Waals surface area (Å²) < 4.78 is 5.76. The molecule has 16 heavy (non-hydrogen) atoms. The molecule has 0 rings (SSSR count). The minimum Gasteiger partial charge on any atom is -0.378 e. The van der Waals surface area contributed by atoms with Crippen molar-refractivity contribution < 1.29 is 4.74 Å². The van der Waals surface area contributed by atoms with Crippen LogP contribution in [0.1, 0.15) is 53.9 Å². The van der Waals surface area contributed by atoms with E-state index >= 15 is 0 Å². The van der Waals surface area contributed by atoms with Crippen molar-refractivity contribution in [2.45, 2.75) is 60.0 Å². The third kappa shape index (κ3) is 12.0. The Morgan fingerprint density at radius 2 is 1.62 bits per heavy atom. The van der Waals surface area contributed by atoms with Crippen molar-refractivity contribution >= 4 is 0 Å². The van der Waals surface area contributed by atoms with Crippen molar-refractivity contribution in [2.24, 2.45) is 11.8 Å². The van der Waals surface area contributed by atoms with Crippen LogP contribution in [0, 0.1) is 11.8 Å². The lowest BCUT2D eigenvalue weighted by Gasteiger charge is -2.14. The van der Waals surface area contributed by atoms with Gasteiger partial charge in [-0.15, -0.1) is 0 Å². The number of rotatable bonds is 10. The average Bonchev–Trinajstić information content (AvgIpc) is 2.19. The maximum Gasteiger partial charge on any atom is 0.0559 e. The first-order valence-corrected chi connectivity index (χ1v) is 6.84. The quantitative estimate of drug-likeness (QED) is 0.579. The second kappa shape index (κ2) is 10.1. The van der Waals surface area contributed by atoms with Gasteiger partial charge in [0.25, 0.3) is 0 Å². The standard InChI is InChI=1S/C14H31NO/c1-12(2)7-6-10-16-14(5)8-9-15-11-13(3)4/h12-15H,6-11H2,1-5H3. The third-order valence-electron chi connectivity index (χ3n) is 2.61. The topological polar surface area (TPSA) is 21.3 Å². The minimum absolute atomic E-state index is 0.395. The molecule has 0 amide bonds. The molecule has 0 saturated carbocycles. The SMILES string of the molecule is CC(C)CCCOC(C)CCNCC(C)C. The first kappa shape index (κ1) is 15.9. The molecule has 98 valence electrons. The summed E-state index contributed by atoms with van der Waals surface area (Å²) >= 11 is 0. The zero-order valence-electron chi connectivity index (χ0n) is 11.9. The fourth-order valence-corrected chi connectivity index (χ4v) is 1.56. The Morgan fingerprint density at radius 3 is 2.19 bits per heavy atom. The second-order valence-corrected chi connectivity index (χ2v) is 5.60. The zero-order valence-corrected chi connectivity index (χ0v) is 11.9. The highest BCUT2D eigenvalue weighted by atomic mass is 16.5. The van der Waals surface area contributed by atoms with E-state index in [1.807, 2.05) is 0 Å². The first-order valence-electron chi connectivity index (χ1n) is 6.84. The lowest BCUT2D eigenvalue weighted by Crippen LogP contribution is -2.24. The molecular weight excluding hydrogens is 198 g/mol. The molecule has 2 nitrogen and oxygen atoms in total. The van der Waals surface area contributed by atoms with E-state index in [1.165, 1.54) is 12.8 Å². The van der Waals surface area contributed by atoms with Gasteiger partial charge in [0.05, 0.1) is 6.10 Å². The summed E-state index contributed by atoms with van der Waals surface area (Å²) in [5.41, 5.74) is 0. The van der Waals surface area contributed by atoms with Crippen LogP contribution >= 0.6 is 0 Å². The van der Waals surface area contributed by atoms with E-state index in [4.69, 9.17) is 4.74 Å². The Morgan fingerprint density at radius 1 is 0.938 bits per heavy atom. The van der Waals surface area contributed by atoms with Crippen molar-refractivity contribution in [3.63, 3.8) is 0 Å². The summed E-state index contributed by atoms with van der Waals surface area (Å²) in [6, 6.07) is 0. The number of hydrogen-bond donors (Lipinski definition) is 1. The molecule has 0 aliphatic rings. The fourth-order valence-electron chi connectivity index (χ4n) is 1.56.